The van der Waals surface area contributed by atoms with Crippen molar-refractivity contribution in [1.82, 2.24) is 9.88 Å². The highest BCUT2D eigenvalue weighted by molar-refractivity contribution is 6.02. The molecule has 8 nitrogen and oxygen atoms in total. The number of aryl methyl sites for hydroxylation is 2. The predicted molar refractivity (Wildman–Crippen MR) is 178 cm³/mol. The number of piperazine rings is 1. The van der Waals surface area contributed by atoms with Gasteiger partial charge in [-0.2, -0.15) is 0 Å². The van der Waals surface area contributed by atoms with Crippen LogP contribution in [0.4, 0.5) is 5.82 Å². The number of Topliss-reactive ketones (excluding diaryl/α,β-unsaturated/α-hetero) is 1. The third-order valence-electron chi connectivity index (χ3n) is 8.56. The Hall–Kier alpha value is -5.24. The molecule has 3 heterocycles. The van der Waals surface area contributed by atoms with Crippen molar-refractivity contribution in [3.8, 4) is 11.1 Å². The minimum Gasteiger partial charge on any atom is -0.462 e. The van der Waals surface area contributed by atoms with Crippen molar-refractivity contribution in [2.24, 2.45) is 0 Å². The summed E-state index contributed by atoms with van der Waals surface area (Å²) in [5.74, 6) is 0.666. The Kier molecular flexibility index (Phi) is 8.97. The lowest BCUT2D eigenvalue weighted by Gasteiger charge is -2.35. The number of esters is 1. The van der Waals surface area contributed by atoms with E-state index in [-0.39, 0.29) is 31.1 Å². The van der Waals surface area contributed by atoms with Crippen LogP contribution in [0.5, 0.6) is 0 Å². The Morgan fingerprint density at radius 3 is 2.30 bits per heavy atom. The zero-order chi connectivity index (χ0) is 32.2. The fraction of sp³-hybridized carbons (Fsp3) is 0.263. The maximum absolute atomic E-state index is 13.3. The number of amides is 1. The van der Waals surface area contributed by atoms with E-state index in [1.54, 1.807) is 31.3 Å². The van der Waals surface area contributed by atoms with E-state index in [4.69, 9.17) is 9.15 Å². The van der Waals surface area contributed by atoms with Crippen LogP contribution in [0.2, 0.25) is 0 Å². The molecule has 1 fully saturated rings. The molecule has 6 rings (SSSR count). The Morgan fingerprint density at radius 2 is 1.59 bits per heavy atom. The summed E-state index contributed by atoms with van der Waals surface area (Å²) in [4.78, 5) is 47.3. The average Bonchev–Trinajstić information content (AvgIpc) is 3.41. The van der Waals surface area contributed by atoms with Crippen LogP contribution in [0, 0.1) is 13.8 Å². The van der Waals surface area contributed by atoms with Crippen LogP contribution < -0.4 is 4.90 Å². The number of ketones is 1. The summed E-state index contributed by atoms with van der Waals surface area (Å²) >= 11 is 0. The van der Waals surface area contributed by atoms with Gasteiger partial charge in [0.05, 0.1) is 18.6 Å². The number of benzene rings is 3. The molecule has 0 atom stereocenters. The van der Waals surface area contributed by atoms with Gasteiger partial charge in [-0.3, -0.25) is 9.59 Å². The number of aromatic nitrogens is 1. The highest BCUT2D eigenvalue weighted by Crippen LogP contribution is 2.31. The van der Waals surface area contributed by atoms with Crippen molar-refractivity contribution >= 4 is 34.4 Å². The number of rotatable bonds is 9. The smallest absolute Gasteiger partial charge is 0.338 e. The van der Waals surface area contributed by atoms with Crippen LogP contribution in [0.3, 0.4) is 0 Å². The number of anilines is 1. The van der Waals surface area contributed by atoms with Crippen molar-refractivity contribution in [2.75, 3.05) is 37.7 Å². The molecule has 234 valence electrons. The summed E-state index contributed by atoms with van der Waals surface area (Å²) in [5.41, 5.74) is 6.87. The standard InChI is InChI=1S/C38H37N3O5/c1-4-45-38(44)31-8-6-5-7-30(31)23-36(43)41-19-17-40(18-20-41)35-16-11-27(24-39-35)21-33(42)37-26(3)32-22-29(14-15-34(32)46-37)28-12-9-25(2)10-13-28/h5-16,22,24H,4,17-21,23H2,1-3H3. The topological polar surface area (TPSA) is 93.0 Å². The lowest BCUT2D eigenvalue weighted by Crippen LogP contribution is -2.49. The molecule has 0 aliphatic carbocycles. The number of pyridine rings is 1. The number of hydrogen-bond acceptors (Lipinski definition) is 7. The molecule has 0 saturated carbocycles. The fourth-order valence-corrected chi connectivity index (χ4v) is 5.93. The first-order chi connectivity index (χ1) is 22.3. The minimum atomic E-state index is -0.410. The summed E-state index contributed by atoms with van der Waals surface area (Å²) < 4.78 is 11.2. The molecule has 1 aliphatic heterocycles. The van der Waals surface area contributed by atoms with Crippen molar-refractivity contribution in [3.05, 3.63) is 119 Å². The Morgan fingerprint density at radius 1 is 0.848 bits per heavy atom. The van der Waals surface area contributed by atoms with Gasteiger partial charge in [0.2, 0.25) is 11.7 Å². The van der Waals surface area contributed by atoms with Gasteiger partial charge < -0.3 is 19.0 Å². The maximum atomic E-state index is 13.3. The second-order valence-corrected chi connectivity index (χ2v) is 11.7. The molecule has 0 bridgehead atoms. The Labute approximate surface area is 268 Å². The van der Waals surface area contributed by atoms with E-state index in [9.17, 15) is 14.4 Å². The van der Waals surface area contributed by atoms with Crippen LogP contribution in [-0.4, -0.2) is 60.3 Å². The zero-order valence-electron chi connectivity index (χ0n) is 26.4. The van der Waals surface area contributed by atoms with Crippen LogP contribution in [0.15, 0.2) is 89.5 Å². The number of hydrogen-bond donors (Lipinski definition) is 0. The number of carbonyl (C=O) groups is 3. The monoisotopic (exact) mass is 615 g/mol. The van der Waals surface area contributed by atoms with Gasteiger partial charge in [0.1, 0.15) is 11.4 Å². The maximum Gasteiger partial charge on any atom is 0.338 e. The van der Waals surface area contributed by atoms with Gasteiger partial charge in [0.25, 0.3) is 0 Å². The molecule has 46 heavy (non-hydrogen) atoms. The van der Waals surface area contributed by atoms with Crippen molar-refractivity contribution in [1.29, 1.82) is 0 Å². The molecule has 0 spiro atoms. The molecule has 1 aliphatic rings. The zero-order valence-corrected chi connectivity index (χ0v) is 26.4. The third-order valence-corrected chi connectivity index (χ3v) is 8.56. The molecule has 0 unspecified atom stereocenters. The lowest BCUT2D eigenvalue weighted by atomic mass is 10.0. The van der Waals surface area contributed by atoms with Crippen LogP contribution in [0.25, 0.3) is 22.1 Å². The van der Waals surface area contributed by atoms with E-state index < -0.39 is 5.97 Å². The highest BCUT2D eigenvalue weighted by atomic mass is 16.5. The second kappa shape index (κ2) is 13.4. The van der Waals surface area contributed by atoms with Gasteiger partial charge in [0.15, 0.2) is 5.76 Å². The van der Waals surface area contributed by atoms with Crippen LogP contribution in [0.1, 0.15) is 50.1 Å². The molecule has 1 saturated heterocycles. The molecule has 0 radical (unpaired) electrons. The number of nitrogens with zero attached hydrogens (tertiary/aromatic N) is 3. The second-order valence-electron chi connectivity index (χ2n) is 11.7. The van der Waals surface area contributed by atoms with Crippen molar-refractivity contribution in [3.63, 3.8) is 0 Å². The largest absolute Gasteiger partial charge is 0.462 e. The van der Waals surface area contributed by atoms with Gasteiger partial charge in [-0.25, -0.2) is 9.78 Å². The average molecular weight is 616 g/mol. The third kappa shape index (κ3) is 6.56. The quantitative estimate of drug-likeness (QED) is 0.136. The lowest BCUT2D eigenvalue weighted by molar-refractivity contribution is -0.130. The van der Waals surface area contributed by atoms with Gasteiger partial charge in [0, 0.05) is 49.7 Å². The Balaban J connectivity index is 1.06. The molecule has 8 heteroatoms. The van der Waals surface area contributed by atoms with Gasteiger partial charge in [-0.1, -0.05) is 60.2 Å². The molecular formula is C38H37N3O5. The van der Waals surface area contributed by atoms with Gasteiger partial charge in [-0.15, -0.1) is 0 Å². The normalized spacial score (nSPS) is 13.2. The molecule has 0 N–H and O–H groups in total. The van der Waals surface area contributed by atoms with Gasteiger partial charge in [-0.05, 0) is 67.3 Å². The summed E-state index contributed by atoms with van der Waals surface area (Å²) in [6, 6.07) is 25.4. The van der Waals surface area contributed by atoms with Crippen LogP contribution >= 0.6 is 0 Å². The summed E-state index contributed by atoms with van der Waals surface area (Å²) in [7, 11) is 0. The fourth-order valence-electron chi connectivity index (χ4n) is 5.93. The molecule has 5 aromatic rings. The molecule has 2 aromatic heterocycles. The molecular weight excluding hydrogens is 578 g/mol. The van der Waals surface area contributed by atoms with Crippen molar-refractivity contribution in [2.45, 2.75) is 33.6 Å². The number of ether oxygens (including phenoxy) is 1. The number of furan rings is 1. The van der Waals surface area contributed by atoms with E-state index in [0.29, 0.717) is 48.6 Å². The first-order valence-corrected chi connectivity index (χ1v) is 15.7. The van der Waals surface area contributed by atoms with E-state index in [1.165, 1.54) is 5.56 Å². The minimum absolute atomic E-state index is 0.0227. The highest BCUT2D eigenvalue weighted by Gasteiger charge is 2.24. The summed E-state index contributed by atoms with van der Waals surface area (Å²) in [6.45, 7) is 8.43. The van der Waals surface area contributed by atoms with Crippen molar-refractivity contribution < 1.29 is 23.5 Å². The van der Waals surface area contributed by atoms with E-state index in [2.05, 4.69) is 47.1 Å². The first-order valence-electron chi connectivity index (χ1n) is 15.7. The van der Waals surface area contributed by atoms with Gasteiger partial charge >= 0.3 is 5.97 Å². The summed E-state index contributed by atoms with van der Waals surface area (Å²) in [6.07, 6.45) is 2.08. The van der Waals surface area contributed by atoms with E-state index in [1.807, 2.05) is 42.2 Å². The molecule has 1 amide bonds. The molecule has 3 aromatic carbocycles. The first kappa shape index (κ1) is 30.8. The van der Waals surface area contributed by atoms with E-state index in [0.717, 1.165) is 33.5 Å². The number of fused-ring (bicyclic) bond motifs is 1. The summed E-state index contributed by atoms with van der Waals surface area (Å²) in [5, 5.41) is 0.940. The Bertz CT molecular complexity index is 1880. The van der Waals surface area contributed by atoms with E-state index >= 15 is 0 Å². The SMILES string of the molecule is CCOC(=O)c1ccccc1CC(=O)N1CCN(c2ccc(CC(=O)c3oc4ccc(-c5ccc(C)cc5)cc4c3C)cn2)CC1. The number of carbonyl (C=O) groups excluding carboxylic acids is 3. The predicted octanol–water partition coefficient (Wildman–Crippen LogP) is 6.61. The van der Waals surface area contributed by atoms with Crippen LogP contribution in [-0.2, 0) is 22.4 Å².